The van der Waals surface area contributed by atoms with E-state index >= 15 is 0 Å². The maximum Gasteiger partial charge on any atom is 0.257 e. The topological polar surface area (TPSA) is 76.3 Å². The van der Waals surface area contributed by atoms with Crippen molar-refractivity contribution in [3.8, 4) is 0 Å². The molecule has 6 heteroatoms. The smallest absolute Gasteiger partial charge is 0.257 e. The minimum absolute atomic E-state index is 0.121. The predicted octanol–water partition coefficient (Wildman–Crippen LogP) is 0.682. The van der Waals surface area contributed by atoms with E-state index in [1.807, 2.05) is 0 Å². The molecule has 0 aliphatic rings. The molecule has 86 valence electrons. The van der Waals surface area contributed by atoms with Crippen LogP contribution in [0.1, 0.15) is 17.3 Å². The van der Waals surface area contributed by atoms with Crippen LogP contribution in [-0.2, 0) is 4.79 Å². The van der Waals surface area contributed by atoms with Crippen LogP contribution in [0, 0.1) is 0 Å². The van der Waals surface area contributed by atoms with Crippen LogP contribution in [0.3, 0.4) is 0 Å². The van der Waals surface area contributed by atoms with Crippen LogP contribution >= 0.6 is 11.6 Å². The van der Waals surface area contributed by atoms with Crippen molar-refractivity contribution >= 4 is 23.4 Å². The molecule has 0 aromatic carbocycles. The highest BCUT2D eigenvalue weighted by Crippen LogP contribution is 2.13. The summed E-state index contributed by atoms with van der Waals surface area (Å²) in [6.45, 7) is 2.01. The first-order valence-electron chi connectivity index (χ1n) is 4.74. The number of rotatable bonds is 4. The van der Waals surface area contributed by atoms with Crippen LogP contribution in [0.5, 0.6) is 0 Å². The third kappa shape index (κ3) is 2.93. The van der Waals surface area contributed by atoms with Crippen LogP contribution in [0.25, 0.3) is 0 Å². The van der Waals surface area contributed by atoms with Crippen LogP contribution in [-0.4, -0.2) is 34.8 Å². The first kappa shape index (κ1) is 12.4. The summed E-state index contributed by atoms with van der Waals surface area (Å²) in [5.41, 5.74) is 5.31. The number of hydrogen-bond acceptors (Lipinski definition) is 3. The molecule has 1 aromatic heterocycles. The van der Waals surface area contributed by atoms with E-state index in [0.29, 0.717) is 6.54 Å². The number of nitrogens with zero attached hydrogens (tertiary/aromatic N) is 2. The molecule has 1 heterocycles. The van der Waals surface area contributed by atoms with Gasteiger partial charge in [0.25, 0.3) is 5.91 Å². The monoisotopic (exact) mass is 241 g/mol. The molecule has 0 unspecified atom stereocenters. The number of carbonyl (C=O) groups excluding carboxylic acids is 2. The minimum atomic E-state index is -0.560. The molecule has 0 fully saturated rings. The zero-order valence-electron chi connectivity index (χ0n) is 8.81. The number of nitrogens with two attached hydrogens (primary N) is 1. The molecule has 2 N–H and O–H groups in total. The Bertz CT molecular complexity index is 409. The lowest BCUT2D eigenvalue weighted by Gasteiger charge is -2.19. The number of primary amides is 1. The first-order chi connectivity index (χ1) is 7.56. The summed E-state index contributed by atoms with van der Waals surface area (Å²) >= 11 is 5.78. The second-order valence-corrected chi connectivity index (χ2v) is 3.49. The Morgan fingerprint density at radius 2 is 2.25 bits per heavy atom. The van der Waals surface area contributed by atoms with Crippen molar-refractivity contribution in [2.75, 3.05) is 13.1 Å². The molecular formula is C10H12ClN3O2. The van der Waals surface area contributed by atoms with Gasteiger partial charge in [0.1, 0.15) is 5.15 Å². The maximum absolute atomic E-state index is 11.9. The number of hydrogen-bond donors (Lipinski definition) is 1. The van der Waals surface area contributed by atoms with Gasteiger partial charge in [-0.1, -0.05) is 11.6 Å². The lowest BCUT2D eigenvalue weighted by atomic mass is 10.2. The molecule has 2 amide bonds. The van der Waals surface area contributed by atoms with Gasteiger partial charge in [0.05, 0.1) is 12.1 Å². The number of likely N-dealkylation sites (N-methyl/N-ethyl adjacent to an activating group) is 1. The molecule has 0 saturated heterocycles. The Morgan fingerprint density at radius 3 is 2.75 bits per heavy atom. The highest BCUT2D eigenvalue weighted by atomic mass is 35.5. The zero-order valence-corrected chi connectivity index (χ0v) is 9.57. The van der Waals surface area contributed by atoms with Crippen LogP contribution in [0.15, 0.2) is 18.3 Å². The third-order valence-corrected chi connectivity index (χ3v) is 2.31. The molecule has 0 saturated carbocycles. The van der Waals surface area contributed by atoms with Gasteiger partial charge in [-0.05, 0) is 19.1 Å². The van der Waals surface area contributed by atoms with E-state index in [9.17, 15) is 9.59 Å². The SMILES string of the molecule is CCN(CC(N)=O)C(=O)c1cccnc1Cl. The van der Waals surface area contributed by atoms with Crippen LogP contribution in [0.2, 0.25) is 5.15 Å². The molecule has 1 rings (SSSR count). The van der Waals surface area contributed by atoms with Crippen LogP contribution in [0.4, 0.5) is 0 Å². The molecule has 0 bridgehead atoms. The molecule has 0 radical (unpaired) electrons. The first-order valence-corrected chi connectivity index (χ1v) is 5.12. The Hall–Kier alpha value is -1.62. The average Bonchev–Trinajstić information content (AvgIpc) is 2.25. The Morgan fingerprint density at radius 1 is 1.56 bits per heavy atom. The third-order valence-electron chi connectivity index (χ3n) is 2.01. The van der Waals surface area contributed by atoms with E-state index < -0.39 is 5.91 Å². The van der Waals surface area contributed by atoms with E-state index in [0.717, 1.165) is 0 Å². The van der Waals surface area contributed by atoms with Gasteiger partial charge in [0.15, 0.2) is 0 Å². The summed E-state index contributed by atoms with van der Waals surface area (Å²) in [5, 5.41) is 0.121. The summed E-state index contributed by atoms with van der Waals surface area (Å²) in [5.74, 6) is -0.908. The van der Waals surface area contributed by atoms with E-state index in [4.69, 9.17) is 17.3 Å². The van der Waals surface area contributed by atoms with Gasteiger partial charge in [0, 0.05) is 12.7 Å². The number of amides is 2. The van der Waals surface area contributed by atoms with Gasteiger partial charge in [-0.2, -0.15) is 0 Å². The Balaban J connectivity index is 2.91. The van der Waals surface area contributed by atoms with E-state index in [1.165, 1.54) is 11.1 Å². The molecule has 1 aromatic rings. The fourth-order valence-corrected chi connectivity index (χ4v) is 1.43. The second-order valence-electron chi connectivity index (χ2n) is 3.13. The molecule has 0 spiro atoms. The van der Waals surface area contributed by atoms with E-state index in [2.05, 4.69) is 4.98 Å². The summed E-state index contributed by atoms with van der Waals surface area (Å²) in [6, 6.07) is 3.17. The van der Waals surface area contributed by atoms with Gasteiger partial charge in [-0.25, -0.2) is 4.98 Å². The van der Waals surface area contributed by atoms with Crippen molar-refractivity contribution in [3.05, 3.63) is 29.0 Å². The summed E-state index contributed by atoms with van der Waals surface area (Å²) in [4.78, 5) is 27.8. The number of carbonyl (C=O) groups is 2. The molecule has 5 nitrogen and oxygen atoms in total. The maximum atomic E-state index is 11.9. The summed E-state index contributed by atoms with van der Waals surface area (Å²) < 4.78 is 0. The largest absolute Gasteiger partial charge is 0.368 e. The highest BCUT2D eigenvalue weighted by molar-refractivity contribution is 6.32. The van der Waals surface area contributed by atoms with Gasteiger partial charge >= 0.3 is 0 Å². The fraction of sp³-hybridized carbons (Fsp3) is 0.300. The van der Waals surface area contributed by atoms with Crippen molar-refractivity contribution in [2.45, 2.75) is 6.92 Å². The Kier molecular flexibility index (Phi) is 4.25. The Labute approximate surface area is 98.2 Å². The van der Waals surface area contributed by atoms with Gasteiger partial charge in [-0.3, -0.25) is 9.59 Å². The molecule has 0 atom stereocenters. The van der Waals surface area contributed by atoms with Crippen molar-refractivity contribution in [1.82, 2.24) is 9.88 Å². The van der Waals surface area contributed by atoms with E-state index in [1.54, 1.807) is 19.1 Å². The molecule has 0 aliphatic heterocycles. The lowest BCUT2D eigenvalue weighted by Crippen LogP contribution is -2.38. The van der Waals surface area contributed by atoms with Crippen molar-refractivity contribution in [3.63, 3.8) is 0 Å². The fourth-order valence-electron chi connectivity index (χ4n) is 1.23. The lowest BCUT2D eigenvalue weighted by molar-refractivity contribution is -0.118. The van der Waals surface area contributed by atoms with Crippen molar-refractivity contribution in [1.29, 1.82) is 0 Å². The summed E-state index contributed by atoms with van der Waals surface area (Å²) in [6.07, 6.45) is 1.49. The molecule has 16 heavy (non-hydrogen) atoms. The zero-order chi connectivity index (χ0) is 12.1. The normalized spacial score (nSPS) is 9.88. The standard InChI is InChI=1S/C10H12ClN3O2/c1-2-14(6-8(12)15)10(16)7-4-3-5-13-9(7)11/h3-5H,2,6H2,1H3,(H2,12,15). The number of aromatic nitrogens is 1. The van der Waals surface area contributed by atoms with Gasteiger partial charge < -0.3 is 10.6 Å². The quantitative estimate of drug-likeness (QED) is 0.788. The second kappa shape index (κ2) is 5.46. The number of pyridine rings is 1. The van der Waals surface area contributed by atoms with Crippen LogP contribution < -0.4 is 5.73 Å². The van der Waals surface area contributed by atoms with Crippen molar-refractivity contribution < 1.29 is 9.59 Å². The van der Waals surface area contributed by atoms with E-state index in [-0.39, 0.29) is 23.2 Å². The van der Waals surface area contributed by atoms with Gasteiger partial charge in [0.2, 0.25) is 5.91 Å². The van der Waals surface area contributed by atoms with Crippen molar-refractivity contribution in [2.24, 2.45) is 5.73 Å². The minimum Gasteiger partial charge on any atom is -0.368 e. The van der Waals surface area contributed by atoms with Gasteiger partial charge in [-0.15, -0.1) is 0 Å². The predicted molar refractivity (Wildman–Crippen MR) is 60.0 cm³/mol. The molecular weight excluding hydrogens is 230 g/mol. The average molecular weight is 242 g/mol. The highest BCUT2D eigenvalue weighted by Gasteiger charge is 2.18. The molecule has 0 aliphatic carbocycles. The summed E-state index contributed by atoms with van der Waals surface area (Å²) in [7, 11) is 0. The number of halogens is 1.